The smallest absolute Gasteiger partial charge is 0.135 e. The molecule has 0 fully saturated rings. The van der Waals surface area contributed by atoms with Crippen molar-refractivity contribution in [1.29, 1.82) is 0 Å². The van der Waals surface area contributed by atoms with Gasteiger partial charge in [0.25, 0.3) is 0 Å². The minimum atomic E-state index is 0.174. The Hall–Kier alpha value is -2.10. The summed E-state index contributed by atoms with van der Waals surface area (Å²) in [7, 11) is 0. The lowest BCUT2D eigenvalue weighted by Gasteiger charge is -2.18. The number of aromatic nitrogens is 2. The molecule has 0 amide bonds. The third kappa shape index (κ3) is 3.72. The molecule has 0 aliphatic heterocycles. The maximum Gasteiger partial charge on any atom is 0.135 e. The highest BCUT2D eigenvalue weighted by Crippen LogP contribution is 2.23. The number of rotatable bonds is 5. The monoisotopic (exact) mass is 284 g/mol. The van der Waals surface area contributed by atoms with Gasteiger partial charge in [0.05, 0.1) is 0 Å². The lowest BCUT2D eigenvalue weighted by atomic mass is 10.1. The molecule has 0 saturated heterocycles. The second-order valence-electron chi connectivity index (χ2n) is 5.53. The van der Waals surface area contributed by atoms with Gasteiger partial charge in [-0.15, -0.1) is 0 Å². The van der Waals surface area contributed by atoms with Crippen molar-refractivity contribution in [2.75, 3.05) is 11.1 Å². The molecule has 0 aliphatic rings. The average Bonchev–Trinajstić information content (AvgIpc) is 2.45. The first-order chi connectivity index (χ1) is 10.0. The van der Waals surface area contributed by atoms with Gasteiger partial charge in [-0.25, -0.2) is 9.97 Å². The summed E-state index contributed by atoms with van der Waals surface area (Å²) in [6, 6.07) is 8.70. The van der Waals surface area contributed by atoms with Crippen molar-refractivity contribution in [3.8, 4) is 0 Å². The van der Waals surface area contributed by atoms with Crippen LogP contribution in [0.1, 0.15) is 48.8 Å². The predicted octanol–water partition coefficient (Wildman–Crippen LogP) is 3.80. The lowest BCUT2D eigenvalue weighted by molar-refractivity contribution is 0.817. The number of benzene rings is 1. The van der Waals surface area contributed by atoms with Gasteiger partial charge in [-0.3, -0.25) is 0 Å². The second-order valence-corrected chi connectivity index (χ2v) is 5.53. The van der Waals surface area contributed by atoms with E-state index in [2.05, 4.69) is 60.3 Å². The fourth-order valence-corrected chi connectivity index (χ4v) is 2.20. The van der Waals surface area contributed by atoms with E-state index in [1.807, 2.05) is 6.92 Å². The Kier molecular flexibility index (Phi) is 4.78. The van der Waals surface area contributed by atoms with Crippen LogP contribution in [0.5, 0.6) is 0 Å². The first-order valence-electron chi connectivity index (χ1n) is 7.47. The number of hydrogen-bond acceptors (Lipinski definition) is 4. The zero-order valence-corrected chi connectivity index (χ0v) is 13.3. The highest BCUT2D eigenvalue weighted by Gasteiger charge is 2.12. The first-order valence-corrected chi connectivity index (χ1v) is 7.47. The van der Waals surface area contributed by atoms with E-state index in [0.717, 1.165) is 30.0 Å². The van der Waals surface area contributed by atoms with Gasteiger partial charge in [-0.2, -0.15) is 0 Å². The zero-order chi connectivity index (χ0) is 15.4. The van der Waals surface area contributed by atoms with Crippen LogP contribution in [0.15, 0.2) is 24.3 Å². The molecule has 0 spiro atoms. The number of nitrogen functional groups attached to an aromatic ring is 1. The highest BCUT2D eigenvalue weighted by atomic mass is 15.1. The van der Waals surface area contributed by atoms with Crippen LogP contribution in [-0.2, 0) is 6.42 Å². The molecule has 4 nitrogen and oxygen atoms in total. The van der Waals surface area contributed by atoms with E-state index in [0.29, 0.717) is 5.82 Å². The van der Waals surface area contributed by atoms with Crippen LogP contribution >= 0.6 is 0 Å². The van der Waals surface area contributed by atoms with Gasteiger partial charge >= 0.3 is 0 Å². The molecule has 1 aromatic carbocycles. The van der Waals surface area contributed by atoms with E-state index < -0.39 is 0 Å². The van der Waals surface area contributed by atoms with Gasteiger partial charge in [-0.1, -0.05) is 36.8 Å². The second kappa shape index (κ2) is 6.57. The van der Waals surface area contributed by atoms with Gasteiger partial charge in [0.2, 0.25) is 0 Å². The number of nitrogens with two attached hydrogens (primary N) is 1. The highest BCUT2D eigenvalue weighted by molar-refractivity contribution is 5.55. The molecule has 2 rings (SSSR count). The number of nitrogens with one attached hydrogen (secondary N) is 1. The summed E-state index contributed by atoms with van der Waals surface area (Å²) in [4.78, 5) is 8.95. The molecule has 1 atom stereocenters. The molecule has 1 aromatic heterocycles. The predicted molar refractivity (Wildman–Crippen MR) is 88.4 cm³/mol. The van der Waals surface area contributed by atoms with E-state index in [9.17, 15) is 0 Å². The molecule has 1 unspecified atom stereocenters. The summed E-state index contributed by atoms with van der Waals surface area (Å²) in [6.07, 6.45) is 1.85. The van der Waals surface area contributed by atoms with Crippen LogP contribution in [0, 0.1) is 13.8 Å². The van der Waals surface area contributed by atoms with Gasteiger partial charge in [0.15, 0.2) is 0 Å². The molecule has 112 valence electrons. The normalized spacial score (nSPS) is 12.2. The van der Waals surface area contributed by atoms with E-state index in [4.69, 9.17) is 5.73 Å². The van der Waals surface area contributed by atoms with E-state index >= 15 is 0 Å². The molecule has 0 bridgehead atoms. The standard InChI is InChI=1S/C17H24N4/c1-5-6-15-20-16(18)12(3)17(21-15)19-13(4)14-9-7-11(2)8-10-14/h7-10,13H,5-6H2,1-4H3,(H3,18,19,20,21). The molecular weight excluding hydrogens is 260 g/mol. The molecule has 4 heteroatoms. The Balaban J connectivity index is 2.23. The Bertz CT molecular complexity index is 605. The molecular formula is C17H24N4. The summed E-state index contributed by atoms with van der Waals surface area (Å²) in [6.45, 7) is 8.28. The van der Waals surface area contributed by atoms with Crippen molar-refractivity contribution in [3.05, 3.63) is 46.8 Å². The minimum Gasteiger partial charge on any atom is -0.383 e. The number of anilines is 2. The van der Waals surface area contributed by atoms with E-state index in [1.54, 1.807) is 0 Å². The number of hydrogen-bond donors (Lipinski definition) is 2. The fourth-order valence-electron chi connectivity index (χ4n) is 2.20. The summed E-state index contributed by atoms with van der Waals surface area (Å²) in [5.74, 6) is 2.20. The van der Waals surface area contributed by atoms with Crippen LogP contribution in [0.4, 0.5) is 11.6 Å². The van der Waals surface area contributed by atoms with Crippen molar-refractivity contribution < 1.29 is 0 Å². The van der Waals surface area contributed by atoms with E-state index in [-0.39, 0.29) is 6.04 Å². The van der Waals surface area contributed by atoms with Crippen LogP contribution in [0.3, 0.4) is 0 Å². The lowest BCUT2D eigenvalue weighted by Crippen LogP contribution is -2.13. The van der Waals surface area contributed by atoms with Crippen LogP contribution < -0.4 is 11.1 Å². The van der Waals surface area contributed by atoms with Crippen LogP contribution in [0.2, 0.25) is 0 Å². The SMILES string of the molecule is CCCc1nc(N)c(C)c(NC(C)c2ccc(C)cc2)n1. The topological polar surface area (TPSA) is 63.8 Å². The average molecular weight is 284 g/mol. The maximum absolute atomic E-state index is 5.99. The quantitative estimate of drug-likeness (QED) is 0.876. The number of aryl methyl sites for hydroxylation is 2. The Morgan fingerprint density at radius 3 is 2.43 bits per heavy atom. The maximum atomic E-state index is 5.99. The first kappa shape index (κ1) is 15.3. The van der Waals surface area contributed by atoms with Crippen LogP contribution in [-0.4, -0.2) is 9.97 Å². The Labute approximate surface area is 126 Å². The van der Waals surface area contributed by atoms with Crippen molar-refractivity contribution in [2.45, 2.75) is 46.6 Å². The third-order valence-corrected chi connectivity index (χ3v) is 3.63. The van der Waals surface area contributed by atoms with Crippen LogP contribution in [0.25, 0.3) is 0 Å². The Morgan fingerprint density at radius 2 is 1.81 bits per heavy atom. The molecule has 1 heterocycles. The molecule has 21 heavy (non-hydrogen) atoms. The van der Waals surface area contributed by atoms with Crippen molar-refractivity contribution in [1.82, 2.24) is 9.97 Å². The largest absolute Gasteiger partial charge is 0.383 e. The summed E-state index contributed by atoms with van der Waals surface area (Å²) in [5.41, 5.74) is 9.40. The Morgan fingerprint density at radius 1 is 1.14 bits per heavy atom. The fraction of sp³-hybridized carbons (Fsp3) is 0.412. The van der Waals surface area contributed by atoms with E-state index in [1.165, 1.54) is 11.1 Å². The third-order valence-electron chi connectivity index (χ3n) is 3.63. The van der Waals surface area contributed by atoms with Gasteiger partial charge < -0.3 is 11.1 Å². The van der Waals surface area contributed by atoms with Gasteiger partial charge in [0, 0.05) is 18.0 Å². The molecule has 0 saturated carbocycles. The molecule has 0 radical (unpaired) electrons. The minimum absolute atomic E-state index is 0.174. The summed E-state index contributed by atoms with van der Waals surface area (Å²) < 4.78 is 0. The van der Waals surface area contributed by atoms with Crippen molar-refractivity contribution in [3.63, 3.8) is 0 Å². The van der Waals surface area contributed by atoms with Crippen molar-refractivity contribution >= 4 is 11.6 Å². The van der Waals surface area contributed by atoms with Crippen molar-refractivity contribution in [2.24, 2.45) is 0 Å². The summed E-state index contributed by atoms with van der Waals surface area (Å²) >= 11 is 0. The van der Waals surface area contributed by atoms with Gasteiger partial charge in [0.1, 0.15) is 17.5 Å². The molecule has 2 aromatic rings. The number of nitrogens with zero attached hydrogens (tertiary/aromatic N) is 2. The molecule has 0 aliphatic carbocycles. The summed E-state index contributed by atoms with van der Waals surface area (Å²) in [5, 5.41) is 3.45. The molecule has 3 N–H and O–H groups in total. The zero-order valence-electron chi connectivity index (χ0n) is 13.3. The van der Waals surface area contributed by atoms with Gasteiger partial charge in [-0.05, 0) is 32.8 Å².